The number of hydrogen-bond donors (Lipinski definition) is 1. The lowest BCUT2D eigenvalue weighted by Crippen LogP contribution is -2.49. The number of benzene rings is 2. The monoisotopic (exact) mass is 469 g/mol. The van der Waals surface area contributed by atoms with E-state index in [0.717, 1.165) is 48.6 Å². The molecule has 2 aromatic carbocycles. The maximum absolute atomic E-state index is 13.4. The minimum absolute atomic E-state index is 0.0123. The number of nitrogens with one attached hydrogen (secondary N) is 1. The lowest BCUT2D eigenvalue weighted by molar-refractivity contribution is -0.120. The molecular weight excluding hydrogens is 438 g/mol. The van der Waals surface area contributed by atoms with Crippen molar-refractivity contribution in [3.63, 3.8) is 0 Å². The van der Waals surface area contributed by atoms with Gasteiger partial charge in [0.1, 0.15) is 5.69 Å². The maximum Gasteiger partial charge on any atom is 0.274 e. The number of carbonyl (C=O) groups excluding carboxylic acids is 2. The summed E-state index contributed by atoms with van der Waals surface area (Å²) < 4.78 is 1.84. The summed E-state index contributed by atoms with van der Waals surface area (Å²) in [4.78, 5) is 41.4. The summed E-state index contributed by atoms with van der Waals surface area (Å²) in [7, 11) is 0. The van der Waals surface area contributed by atoms with Crippen LogP contribution in [0.25, 0.3) is 10.8 Å². The van der Waals surface area contributed by atoms with Crippen molar-refractivity contribution in [2.45, 2.75) is 51.0 Å². The second-order valence-electron chi connectivity index (χ2n) is 10.5. The van der Waals surface area contributed by atoms with Gasteiger partial charge in [-0.25, -0.2) is 0 Å². The highest BCUT2D eigenvalue weighted by atomic mass is 16.2. The predicted molar refractivity (Wildman–Crippen MR) is 137 cm³/mol. The van der Waals surface area contributed by atoms with Crippen LogP contribution in [0.1, 0.15) is 60.5 Å². The lowest BCUT2D eigenvalue weighted by Gasteiger charge is -2.43. The Kier molecular flexibility index (Phi) is 5.67. The van der Waals surface area contributed by atoms with Crippen molar-refractivity contribution in [1.29, 1.82) is 0 Å². The zero-order chi connectivity index (χ0) is 23.9. The number of hydrogen-bond acceptors (Lipinski definition) is 3. The average molecular weight is 470 g/mol. The number of likely N-dealkylation sites (tertiary alicyclic amines) is 1. The maximum atomic E-state index is 13.4. The van der Waals surface area contributed by atoms with Crippen LogP contribution in [0.15, 0.2) is 59.4 Å². The third kappa shape index (κ3) is 4.15. The molecule has 1 saturated heterocycles. The molecule has 0 radical (unpaired) electrons. The molecule has 0 spiro atoms. The smallest absolute Gasteiger partial charge is 0.274 e. The largest absolute Gasteiger partial charge is 0.338 e. The highest BCUT2D eigenvalue weighted by Gasteiger charge is 2.37. The number of amides is 2. The fraction of sp³-hybridized carbons (Fsp3) is 0.414. The molecule has 6 rings (SSSR count). The van der Waals surface area contributed by atoms with E-state index in [-0.39, 0.29) is 35.1 Å². The van der Waals surface area contributed by atoms with Gasteiger partial charge in [-0.3, -0.25) is 14.4 Å². The molecular formula is C29H31N3O3. The Labute approximate surface area is 204 Å². The van der Waals surface area contributed by atoms with Gasteiger partial charge in [-0.2, -0.15) is 0 Å². The van der Waals surface area contributed by atoms with Gasteiger partial charge in [0.15, 0.2) is 0 Å². The first kappa shape index (κ1) is 22.1. The van der Waals surface area contributed by atoms with Gasteiger partial charge in [0, 0.05) is 42.7 Å². The molecule has 3 heterocycles. The number of piperidine rings is 1. The van der Waals surface area contributed by atoms with Gasteiger partial charge in [0.05, 0.1) is 0 Å². The van der Waals surface area contributed by atoms with Crippen molar-refractivity contribution in [2.75, 3.05) is 18.4 Å². The third-order valence-electron chi connectivity index (χ3n) is 8.12. The van der Waals surface area contributed by atoms with E-state index in [1.807, 2.05) is 51.9 Å². The summed E-state index contributed by atoms with van der Waals surface area (Å²) in [6, 6.07) is 17.7. The van der Waals surface area contributed by atoms with Gasteiger partial charge < -0.3 is 14.8 Å². The summed E-state index contributed by atoms with van der Waals surface area (Å²) in [6.45, 7) is 1.83. The predicted octanol–water partition coefficient (Wildman–Crippen LogP) is 4.78. The summed E-state index contributed by atoms with van der Waals surface area (Å²) in [5.41, 5.74) is 1.95. The zero-order valence-electron chi connectivity index (χ0n) is 19.9. The number of aromatic nitrogens is 1. The third-order valence-corrected chi connectivity index (χ3v) is 8.12. The second-order valence-corrected chi connectivity index (χ2v) is 10.5. The van der Waals surface area contributed by atoms with Crippen LogP contribution in [-0.2, 0) is 11.3 Å². The number of fused-ring (bicyclic) bond motifs is 5. The molecule has 1 aliphatic carbocycles. The van der Waals surface area contributed by atoms with Crippen molar-refractivity contribution in [3.05, 3.63) is 76.2 Å². The highest BCUT2D eigenvalue weighted by molar-refractivity contribution is 5.98. The lowest BCUT2D eigenvalue weighted by atomic mass is 9.82. The molecule has 1 N–H and O–H groups in total. The first-order valence-electron chi connectivity index (χ1n) is 12.9. The van der Waals surface area contributed by atoms with Gasteiger partial charge in [-0.1, -0.05) is 49.6 Å². The SMILES string of the molecule is O=C(Nc1ccc2n(c1=O)CC1CC2CN(C(=O)c2ccc3ccccc3c2)C1)C1CCCCC1. The fourth-order valence-corrected chi connectivity index (χ4v) is 6.31. The van der Waals surface area contributed by atoms with Gasteiger partial charge in [-0.15, -0.1) is 0 Å². The number of carbonyl (C=O) groups is 2. The topological polar surface area (TPSA) is 71.4 Å². The van der Waals surface area contributed by atoms with Crippen LogP contribution in [0.2, 0.25) is 0 Å². The minimum atomic E-state index is -0.115. The average Bonchev–Trinajstić information content (AvgIpc) is 2.90. The van der Waals surface area contributed by atoms with E-state index in [1.165, 1.54) is 6.42 Å². The van der Waals surface area contributed by atoms with Crippen LogP contribution >= 0.6 is 0 Å². The minimum Gasteiger partial charge on any atom is -0.338 e. The van der Waals surface area contributed by atoms with E-state index in [2.05, 4.69) is 11.4 Å². The molecule has 3 aromatic rings. The number of pyridine rings is 1. The summed E-state index contributed by atoms with van der Waals surface area (Å²) in [6.07, 6.45) is 6.15. The quantitative estimate of drug-likeness (QED) is 0.600. The molecule has 1 saturated carbocycles. The molecule has 6 nitrogen and oxygen atoms in total. The van der Waals surface area contributed by atoms with E-state index in [1.54, 1.807) is 6.07 Å². The second kappa shape index (κ2) is 8.99. The van der Waals surface area contributed by atoms with Gasteiger partial charge in [-0.05, 0) is 60.2 Å². The van der Waals surface area contributed by atoms with Crippen molar-refractivity contribution in [1.82, 2.24) is 9.47 Å². The zero-order valence-corrected chi connectivity index (χ0v) is 19.9. The summed E-state index contributed by atoms with van der Waals surface area (Å²) in [5, 5.41) is 5.11. The Hall–Kier alpha value is -3.41. The molecule has 180 valence electrons. The Morgan fingerprint density at radius 1 is 0.857 bits per heavy atom. The van der Waals surface area contributed by atoms with Crippen LogP contribution in [0.3, 0.4) is 0 Å². The molecule has 2 bridgehead atoms. The molecule has 1 aromatic heterocycles. The molecule has 6 heteroatoms. The first-order chi connectivity index (χ1) is 17.1. The normalized spacial score (nSPS) is 22.0. The fourth-order valence-electron chi connectivity index (χ4n) is 6.31. The van der Waals surface area contributed by atoms with Crippen LogP contribution in [0.4, 0.5) is 5.69 Å². The molecule has 2 aliphatic heterocycles. The Balaban J connectivity index is 1.21. The van der Waals surface area contributed by atoms with E-state index < -0.39 is 0 Å². The van der Waals surface area contributed by atoms with Gasteiger partial charge >= 0.3 is 0 Å². The Morgan fingerprint density at radius 3 is 2.49 bits per heavy atom. The van der Waals surface area contributed by atoms with Crippen molar-refractivity contribution in [2.24, 2.45) is 11.8 Å². The van der Waals surface area contributed by atoms with Gasteiger partial charge in [0.25, 0.3) is 11.5 Å². The van der Waals surface area contributed by atoms with Crippen LogP contribution < -0.4 is 10.9 Å². The molecule has 2 atom stereocenters. The Morgan fingerprint density at radius 2 is 1.66 bits per heavy atom. The standard InChI is InChI=1S/C29H31N3O3/c33-27(21-7-2-1-3-8-21)30-25-12-13-26-24-14-19(17-32(26)29(25)35)16-31(18-24)28(34)23-11-10-20-6-4-5-9-22(20)15-23/h4-6,9-13,15,19,21,24H,1-3,7-8,14,16-18H2,(H,30,33). The van der Waals surface area contributed by atoms with Crippen LogP contribution in [0, 0.1) is 11.8 Å². The van der Waals surface area contributed by atoms with E-state index >= 15 is 0 Å². The first-order valence-corrected chi connectivity index (χ1v) is 12.9. The van der Waals surface area contributed by atoms with E-state index in [9.17, 15) is 14.4 Å². The molecule has 2 fully saturated rings. The highest BCUT2D eigenvalue weighted by Crippen LogP contribution is 2.36. The molecule has 35 heavy (non-hydrogen) atoms. The molecule has 2 amide bonds. The summed E-state index contributed by atoms with van der Waals surface area (Å²) >= 11 is 0. The van der Waals surface area contributed by atoms with Crippen LogP contribution in [-0.4, -0.2) is 34.4 Å². The summed E-state index contributed by atoms with van der Waals surface area (Å²) in [5.74, 6) is 0.400. The molecule has 2 unspecified atom stereocenters. The van der Waals surface area contributed by atoms with Crippen molar-refractivity contribution < 1.29 is 9.59 Å². The number of nitrogens with zero attached hydrogens (tertiary/aromatic N) is 2. The van der Waals surface area contributed by atoms with Gasteiger partial charge in [0.2, 0.25) is 5.91 Å². The number of rotatable bonds is 3. The van der Waals surface area contributed by atoms with Crippen molar-refractivity contribution >= 4 is 28.3 Å². The van der Waals surface area contributed by atoms with Crippen molar-refractivity contribution in [3.8, 4) is 0 Å². The molecule has 3 aliphatic rings. The van der Waals surface area contributed by atoms with Crippen LogP contribution in [0.5, 0.6) is 0 Å². The van der Waals surface area contributed by atoms with E-state index in [0.29, 0.717) is 30.9 Å². The Bertz CT molecular complexity index is 1350. The number of anilines is 1. The van der Waals surface area contributed by atoms with E-state index in [4.69, 9.17) is 0 Å².